The molecule has 3 atom stereocenters. The second kappa shape index (κ2) is 14.7. The number of hydrogen-bond donors (Lipinski definition) is 1. The predicted octanol–water partition coefficient (Wildman–Crippen LogP) is 4.88. The summed E-state index contributed by atoms with van der Waals surface area (Å²) in [5.74, 6) is -2.31. The first kappa shape index (κ1) is 35.6. The number of anilines is 3. The van der Waals surface area contributed by atoms with Crippen LogP contribution in [-0.4, -0.2) is 102 Å². The number of amides is 2. The van der Waals surface area contributed by atoms with Gasteiger partial charge in [-0.25, -0.2) is 23.2 Å². The monoisotopic (exact) mass is 717 g/mol. The molecular formula is C38H45F2N7O5. The van der Waals surface area contributed by atoms with Crippen LogP contribution < -0.4 is 19.4 Å². The number of rotatable bonds is 11. The molecule has 3 saturated heterocycles. The largest absolute Gasteiger partial charge is 0.491 e. The number of carbonyl (C=O) groups excluding carboxylic acids is 1. The van der Waals surface area contributed by atoms with Gasteiger partial charge in [-0.3, -0.25) is 4.90 Å². The van der Waals surface area contributed by atoms with Crippen molar-refractivity contribution >= 4 is 23.1 Å². The molecule has 0 spiro atoms. The van der Waals surface area contributed by atoms with Crippen LogP contribution >= 0.6 is 0 Å². The number of aliphatic hydroxyl groups is 1. The summed E-state index contributed by atoms with van der Waals surface area (Å²) in [6.45, 7) is 11.2. The van der Waals surface area contributed by atoms with E-state index in [2.05, 4.69) is 32.0 Å². The van der Waals surface area contributed by atoms with E-state index in [0.29, 0.717) is 25.4 Å². The van der Waals surface area contributed by atoms with Gasteiger partial charge >= 0.3 is 6.03 Å². The van der Waals surface area contributed by atoms with Crippen LogP contribution in [0.25, 0.3) is 0 Å². The molecule has 4 aromatic rings. The van der Waals surface area contributed by atoms with Crippen molar-refractivity contribution in [1.29, 1.82) is 0 Å². The predicted molar refractivity (Wildman–Crippen MR) is 191 cm³/mol. The third-order valence-electron chi connectivity index (χ3n) is 9.97. The number of β-amino-alcohol motifs (C(OH)–C–C–N with tert-alkyl or cyclic N) is 1. The summed E-state index contributed by atoms with van der Waals surface area (Å²) >= 11 is 0. The maximum Gasteiger partial charge on any atom is 0.324 e. The quantitative estimate of drug-likeness (QED) is 0.232. The van der Waals surface area contributed by atoms with E-state index >= 15 is 0 Å². The molecule has 14 heteroatoms. The number of aromatic nitrogens is 3. The highest BCUT2D eigenvalue weighted by molar-refractivity contribution is 5.94. The number of nitrogens with zero attached hydrogens (tertiary/aromatic N) is 7. The second-order valence-electron chi connectivity index (χ2n) is 14.6. The Labute approximate surface area is 302 Å². The minimum absolute atomic E-state index is 0.0300. The minimum Gasteiger partial charge on any atom is -0.491 e. The molecule has 3 aliphatic rings. The summed E-state index contributed by atoms with van der Waals surface area (Å²) in [5, 5.41) is 14.6. The molecule has 276 valence electrons. The Morgan fingerprint density at radius 3 is 2.19 bits per heavy atom. The van der Waals surface area contributed by atoms with E-state index < -0.39 is 29.6 Å². The summed E-state index contributed by atoms with van der Waals surface area (Å²) < 4.78 is 48.4. The number of aliphatic hydroxyl groups excluding tert-OH is 1. The van der Waals surface area contributed by atoms with Gasteiger partial charge in [0.2, 0.25) is 5.79 Å². The van der Waals surface area contributed by atoms with E-state index in [1.165, 1.54) is 29.5 Å². The van der Waals surface area contributed by atoms with Crippen LogP contribution in [0.1, 0.15) is 26.3 Å². The number of carbonyl (C=O) groups is 1. The summed E-state index contributed by atoms with van der Waals surface area (Å²) in [7, 11) is 0. The van der Waals surface area contributed by atoms with Gasteiger partial charge in [-0.1, -0.05) is 20.8 Å². The highest BCUT2D eigenvalue weighted by atomic mass is 19.1. The lowest BCUT2D eigenvalue weighted by Gasteiger charge is -2.37. The van der Waals surface area contributed by atoms with Gasteiger partial charge in [-0.15, -0.1) is 0 Å². The lowest BCUT2D eigenvalue weighted by atomic mass is 9.89. The zero-order valence-corrected chi connectivity index (χ0v) is 29.7. The Bertz CT molecular complexity index is 1810. The number of hydrogen-bond acceptors (Lipinski definition) is 9. The van der Waals surface area contributed by atoms with Crippen molar-refractivity contribution in [3.63, 3.8) is 0 Å². The van der Waals surface area contributed by atoms with E-state index in [9.17, 15) is 18.7 Å². The van der Waals surface area contributed by atoms with E-state index in [1.54, 1.807) is 9.80 Å². The molecule has 7 rings (SSSR count). The van der Waals surface area contributed by atoms with Crippen LogP contribution in [0.2, 0.25) is 0 Å². The molecule has 1 N–H and O–H groups in total. The van der Waals surface area contributed by atoms with Gasteiger partial charge < -0.3 is 34.0 Å². The standard InChI is InChI=1S/C38H45F2N7O5/c1-37(2,3)35(48)21-45-18-19-47(36(45)49)30-7-5-28(6-8-30)43-14-16-44(17-15-43)29-9-11-31(12-10-29)50-22-32-23-51-38(52-32,24-46-26-41-25-42-46)33-13-4-27(39)20-34(33)40/h4-13,20,25-26,32,35,48H,14-19,21-24H2,1-3H3/t32-,35?,38-/m1/s1. The lowest BCUT2D eigenvalue weighted by Crippen LogP contribution is -2.46. The average molecular weight is 718 g/mol. The van der Waals surface area contributed by atoms with E-state index in [0.717, 1.165) is 49.3 Å². The molecule has 0 bridgehead atoms. The minimum atomic E-state index is -1.51. The number of benzene rings is 3. The molecule has 3 fully saturated rings. The molecule has 3 aliphatic heterocycles. The fraction of sp³-hybridized carbons (Fsp3) is 0.447. The van der Waals surface area contributed by atoms with Gasteiger partial charge in [0.15, 0.2) is 0 Å². The van der Waals surface area contributed by atoms with E-state index in [4.69, 9.17) is 14.2 Å². The maximum atomic E-state index is 14.9. The van der Waals surface area contributed by atoms with Crippen LogP contribution in [-0.2, 0) is 21.8 Å². The third kappa shape index (κ3) is 7.69. The molecule has 1 aromatic heterocycles. The van der Waals surface area contributed by atoms with Crippen molar-refractivity contribution in [2.24, 2.45) is 5.41 Å². The average Bonchev–Trinajstić information content (AvgIpc) is 3.89. The van der Waals surface area contributed by atoms with Gasteiger partial charge in [-0.05, 0) is 66.1 Å². The van der Waals surface area contributed by atoms with Gasteiger partial charge in [-0.2, -0.15) is 5.10 Å². The molecule has 1 unspecified atom stereocenters. The highest BCUT2D eigenvalue weighted by Crippen LogP contribution is 2.38. The van der Waals surface area contributed by atoms with Crippen molar-refractivity contribution in [3.05, 3.63) is 96.6 Å². The van der Waals surface area contributed by atoms with Crippen LogP contribution in [0, 0.1) is 17.0 Å². The number of ether oxygens (including phenoxy) is 3. The van der Waals surface area contributed by atoms with Crippen molar-refractivity contribution in [1.82, 2.24) is 19.7 Å². The van der Waals surface area contributed by atoms with Crippen LogP contribution in [0.3, 0.4) is 0 Å². The Morgan fingerprint density at radius 2 is 1.58 bits per heavy atom. The molecule has 0 aliphatic carbocycles. The summed E-state index contributed by atoms with van der Waals surface area (Å²) in [4.78, 5) is 25.2. The molecule has 0 radical (unpaired) electrons. The van der Waals surface area contributed by atoms with Crippen LogP contribution in [0.4, 0.5) is 30.6 Å². The van der Waals surface area contributed by atoms with Gasteiger partial charge in [0.1, 0.15) is 49.3 Å². The Balaban J connectivity index is 0.895. The summed E-state index contributed by atoms with van der Waals surface area (Å²) in [6.07, 6.45) is 1.75. The van der Waals surface area contributed by atoms with Gasteiger partial charge in [0.25, 0.3) is 0 Å². The Morgan fingerprint density at radius 1 is 0.923 bits per heavy atom. The third-order valence-corrected chi connectivity index (χ3v) is 9.97. The molecule has 52 heavy (non-hydrogen) atoms. The van der Waals surface area contributed by atoms with Gasteiger partial charge in [0, 0.05) is 74.5 Å². The van der Waals surface area contributed by atoms with Crippen molar-refractivity contribution in [3.8, 4) is 5.75 Å². The Kier molecular flexibility index (Phi) is 10.1. The van der Waals surface area contributed by atoms with E-state index in [-0.39, 0.29) is 36.8 Å². The molecule has 3 aromatic carbocycles. The van der Waals surface area contributed by atoms with Crippen molar-refractivity contribution in [2.45, 2.75) is 45.3 Å². The first-order valence-electron chi connectivity index (χ1n) is 17.6. The zero-order valence-electron chi connectivity index (χ0n) is 29.7. The van der Waals surface area contributed by atoms with Crippen LogP contribution in [0.5, 0.6) is 5.75 Å². The summed E-state index contributed by atoms with van der Waals surface area (Å²) in [5.41, 5.74) is 2.86. The normalized spacial score (nSPS) is 21.7. The highest BCUT2D eigenvalue weighted by Gasteiger charge is 2.46. The molecular weight excluding hydrogens is 672 g/mol. The smallest absolute Gasteiger partial charge is 0.324 e. The topological polar surface area (TPSA) is 109 Å². The molecule has 12 nitrogen and oxygen atoms in total. The van der Waals surface area contributed by atoms with Crippen molar-refractivity contribution < 1.29 is 32.9 Å². The lowest BCUT2D eigenvalue weighted by molar-refractivity contribution is -0.192. The molecule has 4 heterocycles. The fourth-order valence-electron chi connectivity index (χ4n) is 6.77. The maximum absolute atomic E-state index is 14.9. The molecule has 2 amide bonds. The first-order chi connectivity index (χ1) is 25.0. The number of halogens is 2. The first-order valence-corrected chi connectivity index (χ1v) is 17.6. The van der Waals surface area contributed by atoms with Gasteiger partial charge in [0.05, 0.1) is 12.7 Å². The van der Waals surface area contributed by atoms with Crippen LogP contribution in [0.15, 0.2) is 79.4 Å². The number of piperazine rings is 1. The zero-order chi connectivity index (χ0) is 36.5. The Hall–Kier alpha value is -4.79. The second-order valence-corrected chi connectivity index (χ2v) is 14.6. The summed E-state index contributed by atoms with van der Waals surface area (Å²) in [6, 6.07) is 19.3. The SMILES string of the molecule is CC(C)(C)C(O)CN1CCN(c2ccc(N3CCN(c4ccc(OC[C@@H]5CO[C@@](Cn6cncn6)(c6ccc(F)cc6F)O5)cc4)CC3)cc2)C1=O. The fourth-order valence-corrected chi connectivity index (χ4v) is 6.77. The molecule has 0 saturated carbocycles. The number of urea groups is 1. The van der Waals surface area contributed by atoms with E-state index in [1.807, 2.05) is 57.2 Å². The van der Waals surface area contributed by atoms with Crippen molar-refractivity contribution in [2.75, 3.05) is 73.7 Å².